The number of amides is 1. The van der Waals surface area contributed by atoms with E-state index in [0.717, 1.165) is 12.1 Å². The lowest BCUT2D eigenvalue weighted by atomic mass is 9.99. The van der Waals surface area contributed by atoms with Crippen LogP contribution in [0.2, 0.25) is 0 Å². The second-order valence-electron chi connectivity index (χ2n) is 8.76. The van der Waals surface area contributed by atoms with Crippen LogP contribution in [0.25, 0.3) is 32.6 Å². The van der Waals surface area contributed by atoms with Crippen molar-refractivity contribution in [3.8, 4) is 28.3 Å². The van der Waals surface area contributed by atoms with Gasteiger partial charge in [-0.2, -0.15) is 5.10 Å². The summed E-state index contributed by atoms with van der Waals surface area (Å²) >= 11 is 1.26. The zero-order chi connectivity index (χ0) is 25.0. The number of carbonyl (C=O) groups is 1. The summed E-state index contributed by atoms with van der Waals surface area (Å²) in [5.74, 6) is -1.61. The van der Waals surface area contributed by atoms with Crippen LogP contribution in [-0.2, 0) is 13.1 Å². The van der Waals surface area contributed by atoms with E-state index in [1.807, 2.05) is 0 Å². The number of fused-ring (bicyclic) bond motifs is 2. The van der Waals surface area contributed by atoms with Crippen molar-refractivity contribution in [2.45, 2.75) is 46.0 Å². The van der Waals surface area contributed by atoms with Crippen molar-refractivity contribution in [1.29, 1.82) is 0 Å². The van der Waals surface area contributed by atoms with Gasteiger partial charge in [0, 0.05) is 17.7 Å². The van der Waals surface area contributed by atoms with Gasteiger partial charge in [0.25, 0.3) is 5.56 Å². The maximum Gasteiger partial charge on any atom is 0.407 e. The topological polar surface area (TPSA) is 100 Å². The van der Waals surface area contributed by atoms with Crippen LogP contribution in [0, 0.1) is 11.6 Å². The maximum absolute atomic E-state index is 15.4. The molecule has 0 aliphatic carbocycles. The van der Waals surface area contributed by atoms with E-state index in [-0.39, 0.29) is 41.3 Å². The third-order valence-electron chi connectivity index (χ3n) is 5.92. The molecule has 182 valence electrons. The number of nitrogens with zero attached hydrogens (tertiary/aromatic N) is 3. The number of nitrogens with one attached hydrogen (secondary N) is 1. The third-order valence-corrected chi connectivity index (χ3v) is 6.86. The van der Waals surface area contributed by atoms with Crippen LogP contribution in [0.1, 0.15) is 26.5 Å². The van der Waals surface area contributed by atoms with E-state index in [0.29, 0.717) is 33.6 Å². The van der Waals surface area contributed by atoms with Crippen LogP contribution in [0.4, 0.5) is 13.6 Å². The summed E-state index contributed by atoms with van der Waals surface area (Å²) in [6, 6.07) is 4.92. The quantitative estimate of drug-likeness (QED) is 0.408. The normalized spacial score (nSPS) is 15.6. The highest BCUT2D eigenvalue weighted by molar-refractivity contribution is 7.17. The van der Waals surface area contributed by atoms with Crippen LogP contribution in [0.15, 0.2) is 34.4 Å². The van der Waals surface area contributed by atoms with Gasteiger partial charge in [0.1, 0.15) is 23.1 Å². The predicted molar refractivity (Wildman–Crippen MR) is 128 cm³/mol. The van der Waals surface area contributed by atoms with Gasteiger partial charge in [0.2, 0.25) is 0 Å². The molecule has 0 saturated carbocycles. The maximum atomic E-state index is 15.4. The lowest BCUT2D eigenvalue weighted by Gasteiger charge is -2.31. The highest BCUT2D eigenvalue weighted by Crippen LogP contribution is 2.44. The molecular formula is C24H22F2N4O4S. The Morgan fingerprint density at radius 3 is 2.77 bits per heavy atom. The van der Waals surface area contributed by atoms with E-state index in [2.05, 4.69) is 10.1 Å². The number of aromatic amines is 1. The Kier molecular flexibility index (Phi) is 5.59. The number of ether oxygens (including phenoxy) is 1. The number of hydrogen-bond donors (Lipinski definition) is 2. The van der Waals surface area contributed by atoms with Crippen LogP contribution < -0.4 is 10.3 Å². The average Bonchev–Trinajstić information content (AvgIpc) is 3.40. The first kappa shape index (κ1) is 23.0. The first-order chi connectivity index (χ1) is 16.6. The standard InChI is InChI=1S/C24H22F2N4O4S/c1-11(2)34-18-7-13(25)6-16(26)19(18)20-21(27-23(31)15-4-5-35-22(15)20)17-8-14-10-29(24(32)33)12(3)9-30(14)28-17/h4-8,11-12H,9-10H2,1-3H3,(H,27,31)(H,32,33)/t12-/m1/s1. The van der Waals surface area contributed by atoms with Crippen LogP contribution in [-0.4, -0.2) is 43.0 Å². The molecule has 0 saturated heterocycles. The minimum Gasteiger partial charge on any atom is -0.490 e. The molecule has 0 unspecified atom stereocenters. The van der Waals surface area contributed by atoms with Crippen molar-refractivity contribution < 1.29 is 23.4 Å². The molecule has 35 heavy (non-hydrogen) atoms. The average molecular weight is 501 g/mol. The molecular weight excluding hydrogens is 478 g/mol. The Hall–Kier alpha value is -3.73. The second kappa shape index (κ2) is 8.49. The van der Waals surface area contributed by atoms with E-state index < -0.39 is 17.7 Å². The Labute approximate surface area is 202 Å². The highest BCUT2D eigenvalue weighted by atomic mass is 32.1. The molecule has 2 N–H and O–H groups in total. The van der Waals surface area contributed by atoms with Gasteiger partial charge in [-0.3, -0.25) is 14.4 Å². The van der Waals surface area contributed by atoms with Crippen molar-refractivity contribution in [3.63, 3.8) is 0 Å². The molecule has 8 nitrogen and oxygen atoms in total. The Morgan fingerprint density at radius 1 is 1.29 bits per heavy atom. The molecule has 1 amide bonds. The number of rotatable bonds is 4. The van der Waals surface area contributed by atoms with Gasteiger partial charge in [-0.1, -0.05) is 0 Å². The molecule has 4 heterocycles. The summed E-state index contributed by atoms with van der Waals surface area (Å²) in [5.41, 5.74) is 1.21. The van der Waals surface area contributed by atoms with E-state index in [9.17, 15) is 19.1 Å². The largest absolute Gasteiger partial charge is 0.490 e. The zero-order valence-electron chi connectivity index (χ0n) is 19.1. The number of carboxylic acid groups (broad SMARTS) is 1. The van der Waals surface area contributed by atoms with Gasteiger partial charge < -0.3 is 14.8 Å². The number of aromatic nitrogens is 3. The summed E-state index contributed by atoms with van der Waals surface area (Å²) in [4.78, 5) is 28.6. The molecule has 1 aliphatic rings. The smallest absolute Gasteiger partial charge is 0.407 e. The molecule has 1 atom stereocenters. The number of halogens is 2. The van der Waals surface area contributed by atoms with Crippen molar-refractivity contribution in [2.24, 2.45) is 0 Å². The van der Waals surface area contributed by atoms with Crippen molar-refractivity contribution in [3.05, 3.63) is 57.3 Å². The molecule has 5 rings (SSSR count). The first-order valence-electron chi connectivity index (χ1n) is 11.0. The van der Waals surface area contributed by atoms with Crippen molar-refractivity contribution in [2.75, 3.05) is 0 Å². The van der Waals surface area contributed by atoms with E-state index in [1.165, 1.54) is 16.2 Å². The van der Waals surface area contributed by atoms with Gasteiger partial charge in [0.15, 0.2) is 0 Å². The number of H-pyrrole nitrogens is 1. The number of hydrogen-bond acceptors (Lipinski definition) is 5. The van der Waals surface area contributed by atoms with Crippen LogP contribution in [0.5, 0.6) is 5.75 Å². The SMILES string of the molecule is CC(C)Oc1cc(F)cc(F)c1-c1c(-c2cc3n(n2)C[C@@H](C)N(C(=O)O)C3)[nH]c(=O)c2ccsc12. The second-order valence-corrected chi connectivity index (χ2v) is 9.67. The van der Waals surface area contributed by atoms with Gasteiger partial charge in [-0.05, 0) is 38.3 Å². The van der Waals surface area contributed by atoms with Gasteiger partial charge in [-0.25, -0.2) is 13.6 Å². The molecule has 1 aliphatic heterocycles. The molecule has 0 fully saturated rings. The van der Waals surface area contributed by atoms with E-state index >= 15 is 4.39 Å². The van der Waals surface area contributed by atoms with Gasteiger partial charge in [0.05, 0.1) is 52.3 Å². The molecule has 0 bridgehead atoms. The minimum absolute atomic E-state index is 0.00939. The fraction of sp³-hybridized carbons (Fsp3) is 0.292. The summed E-state index contributed by atoms with van der Waals surface area (Å²) in [6.45, 7) is 5.73. The van der Waals surface area contributed by atoms with Crippen LogP contribution in [0.3, 0.4) is 0 Å². The van der Waals surface area contributed by atoms with Gasteiger partial charge >= 0.3 is 6.09 Å². The lowest BCUT2D eigenvalue weighted by Crippen LogP contribution is -2.44. The van der Waals surface area contributed by atoms with E-state index in [1.54, 1.807) is 43.0 Å². The van der Waals surface area contributed by atoms with Crippen molar-refractivity contribution >= 4 is 27.5 Å². The summed E-state index contributed by atoms with van der Waals surface area (Å²) in [6.07, 6.45) is -1.40. The summed E-state index contributed by atoms with van der Waals surface area (Å²) in [7, 11) is 0. The molecule has 0 spiro atoms. The predicted octanol–water partition coefficient (Wildman–Crippen LogP) is 5.07. The number of thiophene rings is 1. The highest BCUT2D eigenvalue weighted by Gasteiger charge is 2.30. The van der Waals surface area contributed by atoms with Gasteiger partial charge in [-0.15, -0.1) is 11.3 Å². The molecule has 3 aromatic heterocycles. The molecule has 1 aromatic carbocycles. The van der Waals surface area contributed by atoms with Crippen LogP contribution >= 0.6 is 11.3 Å². The zero-order valence-corrected chi connectivity index (χ0v) is 19.9. The molecule has 0 radical (unpaired) electrons. The summed E-state index contributed by atoms with van der Waals surface area (Å²) < 4.78 is 37.5. The van der Waals surface area contributed by atoms with E-state index in [4.69, 9.17) is 4.74 Å². The first-order valence-corrected chi connectivity index (χ1v) is 11.9. The van der Waals surface area contributed by atoms with Crippen molar-refractivity contribution in [1.82, 2.24) is 19.7 Å². The lowest BCUT2D eigenvalue weighted by molar-refractivity contribution is 0.105. The summed E-state index contributed by atoms with van der Waals surface area (Å²) in [5, 5.41) is 16.2. The third kappa shape index (κ3) is 3.95. The monoisotopic (exact) mass is 500 g/mol. The fourth-order valence-electron chi connectivity index (χ4n) is 4.41. The Bertz CT molecular complexity index is 1520. The minimum atomic E-state index is -1.04. The Morgan fingerprint density at radius 2 is 2.06 bits per heavy atom. The Balaban J connectivity index is 1.78. The number of pyridine rings is 1. The molecule has 4 aromatic rings. The fourth-order valence-corrected chi connectivity index (χ4v) is 5.36. The number of benzene rings is 1. The molecule has 11 heteroatoms.